The first kappa shape index (κ1) is 10.9. The lowest BCUT2D eigenvalue weighted by atomic mass is 10.1. The first-order valence-electron chi connectivity index (χ1n) is 4.95. The third-order valence-corrected chi connectivity index (χ3v) is 2.34. The second-order valence-corrected chi connectivity index (χ2v) is 3.85. The molecule has 4 heteroatoms. The smallest absolute Gasteiger partial charge is 0.399 e. The van der Waals surface area contributed by atoms with Crippen molar-refractivity contribution in [1.29, 1.82) is 0 Å². The molecule has 16 heavy (non-hydrogen) atoms. The van der Waals surface area contributed by atoms with Gasteiger partial charge in [0.1, 0.15) is 0 Å². The first-order valence-corrected chi connectivity index (χ1v) is 4.95. The van der Waals surface area contributed by atoms with Crippen LogP contribution in [0.4, 0.5) is 18.9 Å². The minimum atomic E-state index is -4.37. The Labute approximate surface area is 91.5 Å². The highest BCUT2D eigenvalue weighted by atomic mass is 19.4. The number of nitrogen functional groups attached to an aromatic ring is 1. The molecule has 2 rings (SSSR count). The number of halogens is 3. The minimum Gasteiger partial charge on any atom is -0.399 e. The van der Waals surface area contributed by atoms with Crippen molar-refractivity contribution in [1.82, 2.24) is 0 Å². The Morgan fingerprint density at radius 1 is 1.25 bits per heavy atom. The summed E-state index contributed by atoms with van der Waals surface area (Å²) < 4.78 is 37.8. The number of anilines is 1. The molecule has 0 spiro atoms. The Hall–Kier alpha value is -1.63. The van der Waals surface area contributed by atoms with Gasteiger partial charge in [0.05, 0.1) is 5.56 Å². The molecule has 0 saturated heterocycles. The fourth-order valence-electron chi connectivity index (χ4n) is 1.32. The third kappa shape index (κ3) is 2.48. The summed E-state index contributed by atoms with van der Waals surface area (Å²) >= 11 is 0. The number of hydrogen-bond donors (Lipinski definition) is 1. The molecule has 0 unspecified atom stereocenters. The van der Waals surface area contributed by atoms with Crippen LogP contribution >= 0.6 is 0 Å². The van der Waals surface area contributed by atoms with Crippen LogP contribution in [-0.2, 0) is 6.18 Å². The number of alkyl halides is 3. The van der Waals surface area contributed by atoms with Crippen LogP contribution in [-0.4, -0.2) is 0 Å². The Morgan fingerprint density at radius 2 is 1.94 bits per heavy atom. The number of benzene rings is 1. The predicted molar refractivity (Wildman–Crippen MR) is 55.5 cm³/mol. The molecule has 0 bridgehead atoms. The largest absolute Gasteiger partial charge is 0.417 e. The molecule has 0 aromatic heterocycles. The molecule has 1 saturated carbocycles. The fraction of sp³-hybridized carbons (Fsp3) is 0.333. The van der Waals surface area contributed by atoms with E-state index >= 15 is 0 Å². The van der Waals surface area contributed by atoms with Crippen LogP contribution in [0, 0.1) is 17.8 Å². The highest BCUT2D eigenvalue weighted by molar-refractivity contribution is 5.52. The average Bonchev–Trinajstić information content (AvgIpc) is 2.96. The maximum absolute atomic E-state index is 12.6. The molecule has 1 aromatic rings. The zero-order valence-electron chi connectivity index (χ0n) is 8.43. The SMILES string of the molecule is Nc1ccc(C(F)(F)F)c(C#CC2CC2)c1. The van der Waals surface area contributed by atoms with Crippen molar-refractivity contribution in [2.75, 3.05) is 5.73 Å². The van der Waals surface area contributed by atoms with Gasteiger partial charge in [-0.15, -0.1) is 0 Å². The summed E-state index contributed by atoms with van der Waals surface area (Å²) in [5.41, 5.74) is 5.02. The van der Waals surface area contributed by atoms with Gasteiger partial charge in [0.2, 0.25) is 0 Å². The van der Waals surface area contributed by atoms with Crippen LogP contribution in [0.25, 0.3) is 0 Å². The molecule has 1 fully saturated rings. The summed E-state index contributed by atoms with van der Waals surface area (Å²) in [4.78, 5) is 0. The lowest BCUT2D eigenvalue weighted by molar-refractivity contribution is -0.137. The maximum atomic E-state index is 12.6. The van der Waals surface area contributed by atoms with E-state index in [4.69, 9.17) is 5.73 Å². The van der Waals surface area contributed by atoms with Gasteiger partial charge in [0, 0.05) is 17.2 Å². The molecular formula is C12H10F3N. The molecule has 84 valence electrons. The predicted octanol–water partition coefficient (Wildman–Crippen LogP) is 3.05. The van der Waals surface area contributed by atoms with Gasteiger partial charge in [-0.2, -0.15) is 13.2 Å². The van der Waals surface area contributed by atoms with E-state index in [2.05, 4.69) is 11.8 Å². The topological polar surface area (TPSA) is 26.0 Å². The van der Waals surface area contributed by atoms with Crippen LogP contribution in [0.2, 0.25) is 0 Å². The fourth-order valence-corrected chi connectivity index (χ4v) is 1.32. The van der Waals surface area contributed by atoms with E-state index in [0.29, 0.717) is 5.69 Å². The van der Waals surface area contributed by atoms with Crippen LogP contribution in [0.15, 0.2) is 18.2 Å². The standard InChI is InChI=1S/C12H10F3N/c13-12(14,15)11-6-5-10(16)7-9(11)4-3-8-1-2-8/h5-8H,1-2,16H2. The Bertz CT molecular complexity index is 461. The van der Waals surface area contributed by atoms with Crippen LogP contribution in [0.1, 0.15) is 24.0 Å². The molecule has 1 nitrogen and oxygen atoms in total. The van der Waals surface area contributed by atoms with E-state index in [-0.39, 0.29) is 11.5 Å². The minimum absolute atomic E-state index is 0.0283. The molecule has 0 amide bonds. The molecule has 2 N–H and O–H groups in total. The summed E-state index contributed by atoms with van der Waals surface area (Å²) in [5.74, 6) is 5.65. The van der Waals surface area contributed by atoms with Gasteiger partial charge in [-0.05, 0) is 31.0 Å². The van der Waals surface area contributed by atoms with Gasteiger partial charge >= 0.3 is 6.18 Å². The summed E-state index contributed by atoms with van der Waals surface area (Å²) in [6.45, 7) is 0. The number of hydrogen-bond acceptors (Lipinski definition) is 1. The van der Waals surface area contributed by atoms with Gasteiger partial charge < -0.3 is 5.73 Å². The van der Waals surface area contributed by atoms with Crippen molar-refractivity contribution in [2.45, 2.75) is 19.0 Å². The normalized spacial score (nSPS) is 15.4. The highest BCUT2D eigenvalue weighted by Gasteiger charge is 2.33. The van der Waals surface area contributed by atoms with Gasteiger partial charge in [0.25, 0.3) is 0 Å². The summed E-state index contributed by atoms with van der Waals surface area (Å²) in [6, 6.07) is 3.50. The van der Waals surface area contributed by atoms with Crippen molar-refractivity contribution >= 4 is 5.69 Å². The first-order chi connectivity index (χ1) is 7.47. The molecule has 1 aliphatic carbocycles. The van der Waals surface area contributed by atoms with Gasteiger partial charge in [0.15, 0.2) is 0 Å². The number of rotatable bonds is 0. The maximum Gasteiger partial charge on any atom is 0.417 e. The van der Waals surface area contributed by atoms with E-state index in [1.165, 1.54) is 12.1 Å². The molecule has 0 radical (unpaired) electrons. The van der Waals surface area contributed by atoms with Gasteiger partial charge in [-0.3, -0.25) is 0 Å². The van der Waals surface area contributed by atoms with Crippen molar-refractivity contribution in [3.8, 4) is 11.8 Å². The quantitative estimate of drug-likeness (QED) is 0.533. The van der Waals surface area contributed by atoms with Crippen LogP contribution in [0.5, 0.6) is 0 Å². The molecule has 1 aromatic carbocycles. The highest BCUT2D eigenvalue weighted by Crippen LogP contribution is 2.33. The number of nitrogens with two attached hydrogens (primary N) is 1. The van der Waals surface area contributed by atoms with E-state index < -0.39 is 11.7 Å². The molecular weight excluding hydrogens is 215 g/mol. The summed E-state index contributed by atoms with van der Waals surface area (Å²) in [5, 5.41) is 0. The van der Waals surface area contributed by atoms with E-state index in [0.717, 1.165) is 18.9 Å². The van der Waals surface area contributed by atoms with Gasteiger partial charge in [-0.25, -0.2) is 0 Å². The zero-order valence-corrected chi connectivity index (χ0v) is 8.43. The Kier molecular flexibility index (Phi) is 2.55. The molecule has 0 heterocycles. The molecule has 0 atom stereocenters. The average molecular weight is 225 g/mol. The van der Waals surface area contributed by atoms with E-state index in [9.17, 15) is 13.2 Å². The van der Waals surface area contributed by atoms with E-state index in [1.54, 1.807) is 0 Å². The molecule has 1 aliphatic rings. The van der Waals surface area contributed by atoms with Crippen molar-refractivity contribution in [3.63, 3.8) is 0 Å². The van der Waals surface area contributed by atoms with Gasteiger partial charge in [-0.1, -0.05) is 11.8 Å². The van der Waals surface area contributed by atoms with Crippen molar-refractivity contribution < 1.29 is 13.2 Å². The monoisotopic (exact) mass is 225 g/mol. The Balaban J connectivity index is 2.40. The zero-order chi connectivity index (χ0) is 11.8. The molecule has 0 aliphatic heterocycles. The third-order valence-electron chi connectivity index (χ3n) is 2.34. The van der Waals surface area contributed by atoms with Crippen molar-refractivity contribution in [3.05, 3.63) is 29.3 Å². The lowest BCUT2D eigenvalue weighted by Gasteiger charge is -2.09. The Morgan fingerprint density at radius 3 is 2.50 bits per heavy atom. The van der Waals surface area contributed by atoms with Crippen LogP contribution < -0.4 is 5.73 Å². The second-order valence-electron chi connectivity index (χ2n) is 3.85. The van der Waals surface area contributed by atoms with E-state index in [1.807, 2.05) is 0 Å². The second kappa shape index (κ2) is 3.75. The van der Waals surface area contributed by atoms with Crippen molar-refractivity contribution in [2.24, 2.45) is 5.92 Å². The lowest BCUT2D eigenvalue weighted by Crippen LogP contribution is -2.08. The summed E-state index contributed by atoms with van der Waals surface area (Å²) in [6.07, 6.45) is -2.41. The summed E-state index contributed by atoms with van der Waals surface area (Å²) in [7, 11) is 0. The van der Waals surface area contributed by atoms with Crippen LogP contribution in [0.3, 0.4) is 0 Å².